The zero-order chi connectivity index (χ0) is 22.8. The highest BCUT2D eigenvalue weighted by atomic mass is 19.1. The maximum atomic E-state index is 14.3. The summed E-state index contributed by atoms with van der Waals surface area (Å²) in [7, 11) is 1.56. The number of rotatable bonds is 6. The van der Waals surface area contributed by atoms with Crippen LogP contribution in [0.15, 0.2) is 59.4 Å². The number of hydrogen-bond donors (Lipinski definition) is 0. The van der Waals surface area contributed by atoms with Gasteiger partial charge in [-0.1, -0.05) is 37.3 Å². The lowest BCUT2D eigenvalue weighted by molar-refractivity contribution is 0.302. The number of benzene rings is 3. The number of hydrogen-bond acceptors (Lipinski definition) is 4. The molecule has 1 heterocycles. The Morgan fingerprint density at radius 2 is 1.75 bits per heavy atom. The van der Waals surface area contributed by atoms with Gasteiger partial charge in [0.05, 0.1) is 5.69 Å². The minimum Gasteiger partial charge on any atom is -0.489 e. The largest absolute Gasteiger partial charge is 0.489 e. The Kier molecular flexibility index (Phi) is 5.90. The molecule has 0 unspecified atom stereocenters. The molecule has 32 heavy (non-hydrogen) atoms. The highest BCUT2D eigenvalue weighted by Gasteiger charge is 2.16. The normalized spacial score (nSPS) is 11.0. The number of nitrogens with zero attached hydrogens (tertiary/aromatic N) is 4. The molecule has 0 radical (unpaired) electrons. The minimum atomic E-state index is -0.319. The predicted octanol–water partition coefficient (Wildman–Crippen LogP) is 4.53. The summed E-state index contributed by atoms with van der Waals surface area (Å²) in [5.74, 6) is 0.463. The molecule has 0 atom stereocenters. The average molecular weight is 432 g/mol. The molecule has 3 aromatic carbocycles. The van der Waals surface area contributed by atoms with Gasteiger partial charge in [0.15, 0.2) is 0 Å². The van der Waals surface area contributed by atoms with E-state index < -0.39 is 0 Å². The highest BCUT2D eigenvalue weighted by molar-refractivity contribution is 5.70. The van der Waals surface area contributed by atoms with Crippen molar-refractivity contribution in [3.05, 3.63) is 93.2 Å². The van der Waals surface area contributed by atoms with Crippen molar-refractivity contribution in [3.63, 3.8) is 0 Å². The summed E-state index contributed by atoms with van der Waals surface area (Å²) < 4.78 is 23.0. The van der Waals surface area contributed by atoms with E-state index in [0.29, 0.717) is 17.0 Å². The molecule has 7 heteroatoms. The quantitative estimate of drug-likeness (QED) is 0.449. The highest BCUT2D eigenvalue weighted by Crippen LogP contribution is 2.32. The van der Waals surface area contributed by atoms with Crippen molar-refractivity contribution in [2.75, 3.05) is 0 Å². The third-order valence-electron chi connectivity index (χ3n) is 5.64. The van der Waals surface area contributed by atoms with E-state index in [1.165, 1.54) is 15.4 Å². The van der Waals surface area contributed by atoms with Crippen LogP contribution >= 0.6 is 0 Å². The van der Waals surface area contributed by atoms with Crippen LogP contribution in [0, 0.1) is 19.7 Å². The fourth-order valence-electron chi connectivity index (χ4n) is 3.85. The maximum absolute atomic E-state index is 14.3. The second-order valence-electron chi connectivity index (χ2n) is 7.77. The molecular formula is C25H25FN4O2. The number of halogens is 1. The summed E-state index contributed by atoms with van der Waals surface area (Å²) >= 11 is 0. The van der Waals surface area contributed by atoms with Gasteiger partial charge in [-0.05, 0) is 77.2 Å². The molecule has 0 aliphatic carbocycles. The molecule has 0 fully saturated rings. The van der Waals surface area contributed by atoms with Crippen molar-refractivity contribution in [1.82, 2.24) is 19.8 Å². The van der Waals surface area contributed by atoms with Crippen molar-refractivity contribution in [3.8, 4) is 22.6 Å². The average Bonchev–Trinajstić information content (AvgIpc) is 3.12. The summed E-state index contributed by atoms with van der Waals surface area (Å²) in [4.78, 5) is 12.4. The van der Waals surface area contributed by atoms with E-state index in [-0.39, 0.29) is 18.1 Å². The van der Waals surface area contributed by atoms with E-state index >= 15 is 0 Å². The van der Waals surface area contributed by atoms with Gasteiger partial charge < -0.3 is 4.74 Å². The van der Waals surface area contributed by atoms with Gasteiger partial charge in [-0.15, -0.1) is 0 Å². The van der Waals surface area contributed by atoms with E-state index in [0.717, 1.165) is 34.2 Å². The smallest absolute Gasteiger partial charge is 0.368 e. The first-order valence-electron chi connectivity index (χ1n) is 10.5. The van der Waals surface area contributed by atoms with Crippen LogP contribution in [0.25, 0.3) is 16.8 Å². The Balaban J connectivity index is 1.69. The monoisotopic (exact) mass is 432 g/mol. The summed E-state index contributed by atoms with van der Waals surface area (Å²) in [5.41, 5.74) is 5.52. The molecule has 0 spiro atoms. The molecule has 0 amide bonds. The second-order valence-corrected chi connectivity index (χ2v) is 7.77. The van der Waals surface area contributed by atoms with Crippen LogP contribution in [0.1, 0.15) is 29.2 Å². The third-order valence-corrected chi connectivity index (χ3v) is 5.64. The zero-order valence-electron chi connectivity index (χ0n) is 18.6. The summed E-state index contributed by atoms with van der Waals surface area (Å²) in [6, 6.07) is 16.4. The van der Waals surface area contributed by atoms with Gasteiger partial charge in [-0.25, -0.2) is 9.18 Å². The molecule has 0 bridgehead atoms. The van der Waals surface area contributed by atoms with Crippen LogP contribution in [-0.4, -0.2) is 19.8 Å². The van der Waals surface area contributed by atoms with Crippen molar-refractivity contribution < 1.29 is 9.13 Å². The second kappa shape index (κ2) is 8.78. The fourth-order valence-corrected chi connectivity index (χ4v) is 3.85. The number of aryl methyl sites for hydroxylation is 4. The van der Waals surface area contributed by atoms with E-state index in [2.05, 4.69) is 17.4 Å². The molecule has 4 aromatic rings. The Morgan fingerprint density at radius 3 is 2.44 bits per heavy atom. The van der Waals surface area contributed by atoms with Gasteiger partial charge in [0.2, 0.25) is 0 Å². The molecule has 0 aliphatic rings. The van der Waals surface area contributed by atoms with Crippen LogP contribution < -0.4 is 10.4 Å². The Bertz CT molecular complexity index is 1340. The van der Waals surface area contributed by atoms with E-state index in [9.17, 15) is 9.18 Å². The van der Waals surface area contributed by atoms with Crippen LogP contribution in [0.4, 0.5) is 4.39 Å². The lowest BCUT2D eigenvalue weighted by atomic mass is 9.97. The van der Waals surface area contributed by atoms with Crippen LogP contribution in [0.3, 0.4) is 0 Å². The van der Waals surface area contributed by atoms with E-state index in [4.69, 9.17) is 4.74 Å². The Morgan fingerprint density at radius 1 is 0.969 bits per heavy atom. The minimum absolute atomic E-state index is 0.250. The fraction of sp³-hybridized carbons (Fsp3) is 0.240. The lowest BCUT2D eigenvalue weighted by Gasteiger charge is -2.17. The summed E-state index contributed by atoms with van der Waals surface area (Å²) in [5, 5.41) is 7.81. The SMILES string of the molecule is CCc1cccc(-n2nnn(C)c2=O)c1COc1cc(C)c(-c2ccccc2F)cc1C. The molecule has 0 saturated heterocycles. The maximum Gasteiger partial charge on any atom is 0.368 e. The number of tetrazole rings is 1. The molecule has 1 aromatic heterocycles. The van der Waals surface area contributed by atoms with Crippen molar-refractivity contribution in [1.29, 1.82) is 0 Å². The van der Waals surface area contributed by atoms with Crippen LogP contribution in [0.2, 0.25) is 0 Å². The molecule has 0 N–H and O–H groups in total. The molecule has 0 aliphatic heterocycles. The van der Waals surface area contributed by atoms with E-state index in [1.807, 2.05) is 50.2 Å². The van der Waals surface area contributed by atoms with Crippen LogP contribution in [-0.2, 0) is 20.1 Å². The first kappa shape index (κ1) is 21.5. The molecule has 4 rings (SSSR count). The van der Waals surface area contributed by atoms with Gasteiger partial charge in [-0.3, -0.25) is 0 Å². The molecule has 164 valence electrons. The lowest BCUT2D eigenvalue weighted by Crippen LogP contribution is -2.23. The van der Waals surface area contributed by atoms with Gasteiger partial charge in [0.1, 0.15) is 18.2 Å². The first-order chi connectivity index (χ1) is 15.4. The van der Waals surface area contributed by atoms with Crippen molar-refractivity contribution in [2.45, 2.75) is 33.8 Å². The van der Waals surface area contributed by atoms with Gasteiger partial charge >= 0.3 is 5.69 Å². The summed E-state index contributed by atoms with van der Waals surface area (Å²) in [6.07, 6.45) is 0.784. The first-order valence-corrected chi connectivity index (χ1v) is 10.5. The zero-order valence-corrected chi connectivity index (χ0v) is 18.6. The Labute approximate surface area is 185 Å². The molecular weight excluding hydrogens is 407 g/mol. The molecule has 6 nitrogen and oxygen atoms in total. The van der Waals surface area contributed by atoms with Crippen LogP contribution in [0.5, 0.6) is 5.75 Å². The van der Waals surface area contributed by atoms with E-state index in [1.54, 1.807) is 19.2 Å². The number of aromatic nitrogens is 4. The van der Waals surface area contributed by atoms with Crippen molar-refractivity contribution in [2.24, 2.45) is 7.05 Å². The van der Waals surface area contributed by atoms with Gasteiger partial charge in [0, 0.05) is 18.2 Å². The predicted molar refractivity (Wildman–Crippen MR) is 122 cm³/mol. The standard InChI is InChI=1S/C25H25FN4O2/c1-5-18-9-8-12-23(30-25(31)29(4)27-28-30)21(18)15-32-24-14-16(2)20(13-17(24)3)19-10-6-7-11-22(19)26/h6-14H,5,15H2,1-4H3. The Hall–Kier alpha value is -3.74. The van der Waals surface area contributed by atoms with Crippen molar-refractivity contribution >= 4 is 0 Å². The van der Waals surface area contributed by atoms with Gasteiger partial charge in [0.25, 0.3) is 0 Å². The topological polar surface area (TPSA) is 61.9 Å². The summed E-state index contributed by atoms with van der Waals surface area (Å²) in [6.45, 7) is 6.21. The van der Waals surface area contributed by atoms with Gasteiger partial charge in [-0.2, -0.15) is 9.36 Å². The third kappa shape index (κ3) is 3.93. The molecule has 0 saturated carbocycles. The number of ether oxygens (including phenoxy) is 1.